The number of nitrogens with one attached hydrogen (secondary N) is 1. The van der Waals surface area contributed by atoms with Crippen molar-refractivity contribution in [3.05, 3.63) is 60.7 Å². The lowest BCUT2D eigenvalue weighted by Gasteiger charge is -2.34. The lowest BCUT2D eigenvalue weighted by molar-refractivity contribution is 0.179. The van der Waals surface area contributed by atoms with E-state index in [0.717, 1.165) is 66.4 Å². The number of H-pyrrole nitrogens is 1. The van der Waals surface area contributed by atoms with Crippen LogP contribution >= 0.6 is 0 Å². The molecule has 0 spiro atoms. The van der Waals surface area contributed by atoms with Crippen molar-refractivity contribution in [2.45, 2.75) is 44.4 Å². The van der Waals surface area contributed by atoms with Gasteiger partial charge in [0.25, 0.3) is 0 Å². The van der Waals surface area contributed by atoms with Crippen molar-refractivity contribution in [2.24, 2.45) is 11.8 Å². The molecule has 3 aromatic heterocycles. The van der Waals surface area contributed by atoms with Crippen LogP contribution in [0.1, 0.15) is 50.0 Å². The Morgan fingerprint density at radius 2 is 1.77 bits per heavy atom. The molecular formula is C30H36N4O4S. The molecule has 1 saturated carbocycles. The van der Waals surface area contributed by atoms with Gasteiger partial charge in [-0.05, 0) is 86.3 Å². The minimum atomic E-state index is -3.31. The van der Waals surface area contributed by atoms with Crippen LogP contribution in [-0.2, 0) is 10.0 Å². The number of pyridine rings is 2. The highest BCUT2D eigenvalue weighted by Crippen LogP contribution is 2.40. The van der Waals surface area contributed by atoms with Crippen molar-refractivity contribution in [1.29, 1.82) is 0 Å². The first kappa shape index (κ1) is 26.1. The van der Waals surface area contributed by atoms with E-state index in [1.165, 1.54) is 10.9 Å². The minimum Gasteiger partial charge on any atom is -0.497 e. The first-order chi connectivity index (χ1) is 19.0. The highest BCUT2D eigenvalue weighted by atomic mass is 32.2. The first-order valence-electron chi connectivity index (χ1n) is 13.9. The number of hydrogen-bond acceptors (Lipinski definition) is 6. The quantitative estimate of drug-likeness (QED) is 0.312. The molecule has 0 amide bonds. The van der Waals surface area contributed by atoms with Gasteiger partial charge in [-0.25, -0.2) is 17.7 Å². The topological polar surface area (TPSA) is 97.4 Å². The van der Waals surface area contributed by atoms with E-state index in [4.69, 9.17) is 9.47 Å². The molecule has 1 saturated heterocycles. The van der Waals surface area contributed by atoms with Crippen molar-refractivity contribution in [1.82, 2.24) is 19.3 Å². The fourth-order valence-corrected chi connectivity index (χ4v) is 8.35. The Bertz CT molecular complexity index is 1530. The average molecular weight is 549 g/mol. The molecule has 6 rings (SSSR count). The van der Waals surface area contributed by atoms with Crippen LogP contribution in [0.25, 0.3) is 21.8 Å². The van der Waals surface area contributed by atoms with E-state index >= 15 is 0 Å². The zero-order valence-corrected chi connectivity index (χ0v) is 23.2. The normalized spacial score (nSPS) is 22.7. The summed E-state index contributed by atoms with van der Waals surface area (Å²) in [5.74, 6) is 2.59. The summed E-state index contributed by atoms with van der Waals surface area (Å²) in [5, 5.41) is 3.41. The first-order valence-corrected chi connectivity index (χ1v) is 15.6. The number of aromatic nitrogens is 3. The zero-order chi connectivity index (χ0) is 26.8. The number of benzene rings is 1. The summed E-state index contributed by atoms with van der Waals surface area (Å²) < 4.78 is 39.8. The van der Waals surface area contributed by atoms with Gasteiger partial charge in [0.15, 0.2) is 0 Å². The third kappa shape index (κ3) is 5.61. The Morgan fingerprint density at radius 3 is 2.56 bits per heavy atom. The maximum atomic E-state index is 13.4. The summed E-state index contributed by atoms with van der Waals surface area (Å²) in [7, 11) is -1.67. The van der Waals surface area contributed by atoms with Gasteiger partial charge in [-0.1, -0.05) is 0 Å². The number of sulfonamides is 1. The van der Waals surface area contributed by atoms with Crippen LogP contribution in [-0.4, -0.2) is 60.2 Å². The van der Waals surface area contributed by atoms with Gasteiger partial charge in [-0.3, -0.25) is 4.98 Å². The lowest BCUT2D eigenvalue weighted by atomic mass is 9.78. The number of fused-ring (bicyclic) bond motifs is 3. The maximum Gasteiger partial charge on any atom is 0.214 e. The maximum absolute atomic E-state index is 13.4. The number of methoxy groups -OCH3 is 1. The predicted octanol–water partition coefficient (Wildman–Crippen LogP) is 5.51. The van der Waals surface area contributed by atoms with Gasteiger partial charge in [0.05, 0.1) is 19.5 Å². The molecule has 1 aliphatic heterocycles. The van der Waals surface area contributed by atoms with Gasteiger partial charge >= 0.3 is 0 Å². The molecule has 8 nitrogen and oxygen atoms in total. The second kappa shape index (κ2) is 11.1. The summed E-state index contributed by atoms with van der Waals surface area (Å²) in [6, 6.07) is 9.60. The van der Waals surface area contributed by atoms with E-state index < -0.39 is 10.0 Å². The molecule has 1 aromatic carbocycles. The van der Waals surface area contributed by atoms with Crippen molar-refractivity contribution in [2.75, 3.05) is 32.6 Å². The SMILES string of the molecule is COc1ccc(OCC2CCCN(S(=O)(=O)CC3CCC(c4cncc5cnc6[nH]ccc6c45)CC3)C2)cc1. The van der Waals surface area contributed by atoms with Crippen molar-refractivity contribution >= 4 is 31.8 Å². The van der Waals surface area contributed by atoms with Crippen molar-refractivity contribution in [3.8, 4) is 11.5 Å². The summed E-state index contributed by atoms with van der Waals surface area (Å²) in [6.45, 7) is 1.67. The standard InChI is InChI=1S/C30H36N4O4S/c1-37-25-8-10-26(11-9-25)38-19-22-3-2-14-34(18-22)39(35,36)20-21-4-6-23(7-5-21)28-17-31-15-24-16-33-30-27(29(24)28)12-13-32-30/h8-13,15-17,21-23H,2-7,14,18-20H2,1H3,(H,32,33). The van der Waals surface area contributed by atoms with Crippen LogP contribution in [0.2, 0.25) is 0 Å². The summed E-state index contributed by atoms with van der Waals surface area (Å²) >= 11 is 0. The molecule has 0 bridgehead atoms. The molecule has 4 aromatic rings. The Morgan fingerprint density at radius 1 is 0.974 bits per heavy atom. The molecule has 39 heavy (non-hydrogen) atoms. The van der Waals surface area contributed by atoms with Crippen LogP contribution in [0.4, 0.5) is 0 Å². The second-order valence-corrected chi connectivity index (χ2v) is 13.1. The molecule has 1 aliphatic carbocycles. The molecule has 4 heterocycles. The van der Waals surface area contributed by atoms with Gasteiger partial charge in [0, 0.05) is 60.0 Å². The predicted molar refractivity (Wildman–Crippen MR) is 153 cm³/mol. The number of ether oxygens (including phenoxy) is 2. The summed E-state index contributed by atoms with van der Waals surface area (Å²) in [5.41, 5.74) is 2.15. The number of rotatable bonds is 8. The highest BCUT2D eigenvalue weighted by molar-refractivity contribution is 7.89. The summed E-state index contributed by atoms with van der Waals surface area (Å²) in [6.07, 6.45) is 13.3. The van der Waals surface area contributed by atoms with Crippen LogP contribution in [0.5, 0.6) is 11.5 Å². The molecule has 1 atom stereocenters. The van der Waals surface area contributed by atoms with E-state index in [1.807, 2.05) is 49.1 Å². The third-order valence-corrected chi connectivity index (χ3v) is 10.5. The van der Waals surface area contributed by atoms with Crippen LogP contribution in [0.15, 0.2) is 55.1 Å². The molecule has 1 N–H and O–H groups in total. The Kier molecular flexibility index (Phi) is 7.44. The van der Waals surface area contributed by atoms with Crippen molar-refractivity contribution in [3.63, 3.8) is 0 Å². The smallest absolute Gasteiger partial charge is 0.214 e. The van der Waals surface area contributed by atoms with Gasteiger partial charge < -0.3 is 14.5 Å². The van der Waals surface area contributed by atoms with Gasteiger partial charge in [0.2, 0.25) is 10.0 Å². The zero-order valence-electron chi connectivity index (χ0n) is 22.4. The molecule has 206 valence electrons. The number of hydrogen-bond donors (Lipinski definition) is 1. The largest absolute Gasteiger partial charge is 0.497 e. The van der Waals surface area contributed by atoms with Gasteiger partial charge in [-0.15, -0.1) is 0 Å². The van der Waals surface area contributed by atoms with Gasteiger partial charge in [-0.2, -0.15) is 0 Å². The number of aromatic amines is 1. The average Bonchev–Trinajstić information content (AvgIpc) is 3.46. The van der Waals surface area contributed by atoms with E-state index in [1.54, 1.807) is 11.4 Å². The fraction of sp³-hybridized carbons (Fsp3) is 0.467. The molecule has 1 unspecified atom stereocenters. The minimum absolute atomic E-state index is 0.194. The van der Waals surface area contributed by atoms with E-state index in [-0.39, 0.29) is 17.6 Å². The van der Waals surface area contributed by atoms with Crippen LogP contribution in [0, 0.1) is 11.8 Å². The van der Waals surface area contributed by atoms with Crippen LogP contribution < -0.4 is 9.47 Å². The van der Waals surface area contributed by atoms with Gasteiger partial charge in [0.1, 0.15) is 17.1 Å². The molecule has 0 radical (unpaired) electrons. The highest BCUT2D eigenvalue weighted by Gasteiger charge is 2.33. The molecule has 9 heteroatoms. The number of nitrogens with zero attached hydrogens (tertiary/aromatic N) is 3. The third-order valence-electron chi connectivity index (χ3n) is 8.48. The molecule has 2 fully saturated rings. The summed E-state index contributed by atoms with van der Waals surface area (Å²) in [4.78, 5) is 12.2. The molecule has 2 aliphatic rings. The fourth-order valence-electron chi connectivity index (χ4n) is 6.36. The second-order valence-electron chi connectivity index (χ2n) is 11.0. The van der Waals surface area contributed by atoms with Crippen molar-refractivity contribution < 1.29 is 17.9 Å². The number of piperidine rings is 1. The molecular weight excluding hydrogens is 512 g/mol. The van der Waals surface area contributed by atoms with E-state index in [0.29, 0.717) is 25.6 Å². The lowest BCUT2D eigenvalue weighted by Crippen LogP contribution is -2.43. The monoisotopic (exact) mass is 548 g/mol. The Hall–Kier alpha value is -3.17. The Balaban J connectivity index is 1.05. The van der Waals surface area contributed by atoms with E-state index in [9.17, 15) is 8.42 Å². The van der Waals surface area contributed by atoms with E-state index in [2.05, 4.69) is 21.0 Å². The Labute approximate surface area is 229 Å². The van der Waals surface area contributed by atoms with Crippen LogP contribution in [0.3, 0.4) is 0 Å².